The van der Waals surface area contributed by atoms with Crippen LogP contribution in [0.4, 0.5) is 0 Å². The molecule has 0 heterocycles. The second-order valence-electron chi connectivity index (χ2n) is 6.51. The fraction of sp³-hybridized carbons (Fsp3) is 0.0870. The van der Waals surface area contributed by atoms with Gasteiger partial charge in [0.2, 0.25) is 0 Å². The summed E-state index contributed by atoms with van der Waals surface area (Å²) in [6, 6.07) is 19.5. The standard InChI is InChI=1S/C23H19BrN2O3/c1-15-6-8-17(9-7-15)22(27)26-25-14-19-13-20(24)10-11-21(19)29-23(28)18-5-3-4-16(2)12-18/h3-14H,1-2H3,(H,26,27)/b25-14+. The number of nitrogens with one attached hydrogen (secondary N) is 1. The third-order valence-electron chi connectivity index (χ3n) is 4.11. The number of hydrogen-bond acceptors (Lipinski definition) is 4. The van der Waals surface area contributed by atoms with E-state index < -0.39 is 5.97 Å². The molecule has 6 heteroatoms. The summed E-state index contributed by atoms with van der Waals surface area (Å²) in [5, 5.41) is 4.00. The molecule has 0 saturated carbocycles. The Bertz CT molecular complexity index is 1080. The highest BCUT2D eigenvalue weighted by molar-refractivity contribution is 9.10. The number of esters is 1. The average molecular weight is 451 g/mol. The van der Waals surface area contributed by atoms with E-state index in [0.717, 1.165) is 15.6 Å². The van der Waals surface area contributed by atoms with Crippen molar-refractivity contribution in [2.45, 2.75) is 13.8 Å². The highest BCUT2D eigenvalue weighted by Crippen LogP contribution is 2.23. The van der Waals surface area contributed by atoms with Crippen LogP contribution in [0, 0.1) is 13.8 Å². The van der Waals surface area contributed by atoms with Crippen molar-refractivity contribution in [1.82, 2.24) is 5.43 Å². The van der Waals surface area contributed by atoms with Crippen molar-refractivity contribution in [1.29, 1.82) is 0 Å². The van der Waals surface area contributed by atoms with E-state index in [-0.39, 0.29) is 5.91 Å². The summed E-state index contributed by atoms with van der Waals surface area (Å²) in [5.74, 6) is -0.447. The molecule has 0 aliphatic carbocycles. The fourth-order valence-corrected chi connectivity index (χ4v) is 2.95. The van der Waals surface area contributed by atoms with E-state index in [2.05, 4.69) is 26.5 Å². The molecule has 0 atom stereocenters. The van der Waals surface area contributed by atoms with Crippen molar-refractivity contribution in [3.63, 3.8) is 0 Å². The van der Waals surface area contributed by atoms with Crippen LogP contribution in [0.5, 0.6) is 5.75 Å². The van der Waals surface area contributed by atoms with Gasteiger partial charge in [0.25, 0.3) is 5.91 Å². The molecule has 0 aliphatic rings. The van der Waals surface area contributed by atoms with E-state index >= 15 is 0 Å². The van der Waals surface area contributed by atoms with Crippen LogP contribution in [0.3, 0.4) is 0 Å². The van der Waals surface area contributed by atoms with E-state index in [9.17, 15) is 9.59 Å². The zero-order chi connectivity index (χ0) is 20.8. The lowest BCUT2D eigenvalue weighted by Gasteiger charge is -2.08. The topological polar surface area (TPSA) is 67.8 Å². The predicted molar refractivity (Wildman–Crippen MR) is 117 cm³/mol. The minimum atomic E-state index is -0.464. The maximum Gasteiger partial charge on any atom is 0.343 e. The third kappa shape index (κ3) is 5.62. The van der Waals surface area contributed by atoms with Crippen LogP contribution in [0.1, 0.15) is 37.4 Å². The van der Waals surface area contributed by atoms with Gasteiger partial charge in [0.1, 0.15) is 5.75 Å². The minimum Gasteiger partial charge on any atom is -0.422 e. The molecule has 3 rings (SSSR count). The quantitative estimate of drug-likeness (QED) is 0.256. The molecule has 0 aliphatic heterocycles. The highest BCUT2D eigenvalue weighted by atomic mass is 79.9. The van der Waals surface area contributed by atoms with Crippen molar-refractivity contribution < 1.29 is 14.3 Å². The number of aryl methyl sites for hydroxylation is 2. The molecule has 1 N–H and O–H groups in total. The zero-order valence-electron chi connectivity index (χ0n) is 16.0. The van der Waals surface area contributed by atoms with Gasteiger partial charge in [0.15, 0.2) is 0 Å². The van der Waals surface area contributed by atoms with Gasteiger partial charge in [0.05, 0.1) is 11.8 Å². The summed E-state index contributed by atoms with van der Waals surface area (Å²) in [5.41, 5.74) is 6.03. The molecule has 146 valence electrons. The Hall–Kier alpha value is -3.25. The molecule has 0 radical (unpaired) electrons. The molecule has 0 saturated heterocycles. The van der Waals surface area contributed by atoms with Gasteiger partial charge in [-0.1, -0.05) is 51.3 Å². The Morgan fingerprint density at radius 2 is 1.69 bits per heavy atom. The Kier molecular flexibility index (Phi) is 6.57. The van der Waals surface area contributed by atoms with E-state index in [4.69, 9.17) is 4.74 Å². The first-order valence-corrected chi connectivity index (χ1v) is 9.70. The number of hydrazone groups is 1. The molecule has 3 aromatic rings. The van der Waals surface area contributed by atoms with E-state index in [0.29, 0.717) is 22.4 Å². The zero-order valence-corrected chi connectivity index (χ0v) is 17.6. The lowest BCUT2D eigenvalue weighted by Crippen LogP contribution is -2.17. The number of amides is 1. The summed E-state index contributed by atoms with van der Waals surface area (Å²) in [6.45, 7) is 3.86. The first kappa shape index (κ1) is 20.5. The van der Waals surface area contributed by atoms with Crippen molar-refractivity contribution in [3.05, 3.63) is 99.0 Å². The number of carbonyl (C=O) groups excluding carboxylic acids is 2. The fourth-order valence-electron chi connectivity index (χ4n) is 2.57. The van der Waals surface area contributed by atoms with Gasteiger partial charge < -0.3 is 4.74 Å². The van der Waals surface area contributed by atoms with E-state index in [1.807, 2.05) is 32.0 Å². The van der Waals surface area contributed by atoms with E-state index in [1.54, 1.807) is 48.5 Å². The van der Waals surface area contributed by atoms with Gasteiger partial charge in [-0.3, -0.25) is 4.79 Å². The van der Waals surface area contributed by atoms with Gasteiger partial charge >= 0.3 is 5.97 Å². The SMILES string of the molecule is Cc1ccc(C(=O)N/N=C/c2cc(Br)ccc2OC(=O)c2cccc(C)c2)cc1. The molecule has 1 amide bonds. The first-order valence-electron chi connectivity index (χ1n) is 8.91. The lowest BCUT2D eigenvalue weighted by atomic mass is 10.1. The van der Waals surface area contributed by atoms with Crippen molar-refractivity contribution in [2.75, 3.05) is 0 Å². The summed E-state index contributed by atoms with van der Waals surface area (Å²) < 4.78 is 6.32. The molecular formula is C23H19BrN2O3. The van der Waals surface area contributed by atoms with Gasteiger partial charge in [-0.2, -0.15) is 5.10 Å². The summed E-state index contributed by atoms with van der Waals surface area (Å²) in [7, 11) is 0. The molecule has 0 aromatic heterocycles. The Labute approximate surface area is 177 Å². The third-order valence-corrected chi connectivity index (χ3v) is 4.61. The summed E-state index contributed by atoms with van der Waals surface area (Å²) in [4.78, 5) is 24.6. The van der Waals surface area contributed by atoms with Crippen LogP contribution in [-0.4, -0.2) is 18.1 Å². The van der Waals surface area contributed by atoms with Crippen LogP contribution < -0.4 is 10.2 Å². The molecule has 29 heavy (non-hydrogen) atoms. The van der Waals surface area contributed by atoms with Crippen LogP contribution in [0.15, 0.2) is 76.3 Å². The van der Waals surface area contributed by atoms with Crippen LogP contribution in [0.2, 0.25) is 0 Å². The maximum absolute atomic E-state index is 12.4. The monoisotopic (exact) mass is 450 g/mol. The van der Waals surface area contributed by atoms with Gasteiger partial charge in [-0.25, -0.2) is 10.2 Å². The summed E-state index contributed by atoms with van der Waals surface area (Å²) in [6.07, 6.45) is 1.44. The number of ether oxygens (including phenoxy) is 1. The number of halogens is 1. The van der Waals surface area contributed by atoms with Crippen molar-refractivity contribution >= 4 is 34.0 Å². The van der Waals surface area contributed by atoms with Crippen LogP contribution in [0.25, 0.3) is 0 Å². The lowest BCUT2D eigenvalue weighted by molar-refractivity contribution is 0.0734. The van der Waals surface area contributed by atoms with Gasteiger partial charge in [-0.05, 0) is 56.3 Å². The van der Waals surface area contributed by atoms with Crippen molar-refractivity contribution in [2.24, 2.45) is 5.10 Å². The maximum atomic E-state index is 12.4. The average Bonchev–Trinajstić information content (AvgIpc) is 2.70. The highest BCUT2D eigenvalue weighted by Gasteiger charge is 2.12. The summed E-state index contributed by atoms with van der Waals surface area (Å²) >= 11 is 3.39. The minimum absolute atomic E-state index is 0.324. The Morgan fingerprint density at radius 3 is 2.41 bits per heavy atom. The van der Waals surface area contributed by atoms with Crippen LogP contribution >= 0.6 is 15.9 Å². The second-order valence-corrected chi connectivity index (χ2v) is 7.42. The molecule has 0 unspecified atom stereocenters. The number of carbonyl (C=O) groups is 2. The number of nitrogens with zero attached hydrogens (tertiary/aromatic N) is 1. The molecular weight excluding hydrogens is 432 g/mol. The predicted octanol–water partition coefficient (Wildman–Crippen LogP) is 5.05. The number of hydrogen-bond donors (Lipinski definition) is 1. The number of rotatable bonds is 5. The molecule has 0 fully saturated rings. The molecule has 0 bridgehead atoms. The Morgan fingerprint density at radius 1 is 0.931 bits per heavy atom. The smallest absolute Gasteiger partial charge is 0.343 e. The van der Waals surface area contributed by atoms with Crippen molar-refractivity contribution in [3.8, 4) is 5.75 Å². The first-order chi connectivity index (χ1) is 13.9. The Balaban J connectivity index is 1.74. The van der Waals surface area contributed by atoms with Gasteiger partial charge in [-0.15, -0.1) is 0 Å². The van der Waals surface area contributed by atoms with Gasteiger partial charge in [0, 0.05) is 15.6 Å². The second kappa shape index (κ2) is 9.30. The van der Waals surface area contributed by atoms with Crippen LogP contribution in [-0.2, 0) is 0 Å². The molecule has 3 aromatic carbocycles. The molecule has 0 spiro atoms. The number of benzene rings is 3. The molecule has 5 nitrogen and oxygen atoms in total. The normalized spacial score (nSPS) is 10.7. The van der Waals surface area contributed by atoms with E-state index in [1.165, 1.54) is 6.21 Å². The largest absolute Gasteiger partial charge is 0.422 e.